The number of carbonyl (C=O) groups is 2. The molecule has 1 saturated carbocycles. The second-order valence-corrected chi connectivity index (χ2v) is 11.3. The number of hydrogen-bond donors (Lipinski definition) is 1. The van der Waals surface area contributed by atoms with Gasteiger partial charge in [0.25, 0.3) is 0 Å². The fraction of sp³-hybridized carbons (Fsp3) is 0.920. The maximum absolute atomic E-state index is 12.6. The van der Waals surface area contributed by atoms with E-state index in [0.717, 1.165) is 51.6 Å². The summed E-state index contributed by atoms with van der Waals surface area (Å²) in [5.41, 5.74) is -1.13. The summed E-state index contributed by atoms with van der Waals surface area (Å²) in [5.74, 6) is 0.342. The highest BCUT2D eigenvalue weighted by atomic mass is 16.6. The van der Waals surface area contributed by atoms with E-state index in [1.807, 2.05) is 39.5 Å². The van der Waals surface area contributed by atoms with Crippen LogP contribution < -0.4 is 5.32 Å². The molecular weight excluding hydrogens is 408 g/mol. The smallest absolute Gasteiger partial charge is 0.410 e. The third-order valence-electron chi connectivity index (χ3n) is 6.72. The van der Waals surface area contributed by atoms with E-state index in [0.29, 0.717) is 18.1 Å². The van der Waals surface area contributed by atoms with Gasteiger partial charge in [-0.3, -0.25) is 10.1 Å². The average molecular weight is 455 g/mol. The summed E-state index contributed by atoms with van der Waals surface area (Å²) in [5, 5.41) is 3.44. The van der Waals surface area contributed by atoms with Crippen LogP contribution >= 0.6 is 0 Å². The number of nitrogens with one attached hydrogen (secondary N) is 1. The molecule has 1 saturated heterocycles. The van der Waals surface area contributed by atoms with Crippen LogP contribution in [0.1, 0.15) is 93.4 Å². The van der Waals surface area contributed by atoms with Crippen molar-refractivity contribution in [2.45, 2.75) is 129 Å². The molecule has 32 heavy (non-hydrogen) atoms. The molecule has 0 spiro atoms. The van der Waals surface area contributed by atoms with Crippen molar-refractivity contribution in [2.24, 2.45) is 5.92 Å². The summed E-state index contributed by atoms with van der Waals surface area (Å²) in [6, 6.07) is 0.680. The molecule has 2 fully saturated rings. The van der Waals surface area contributed by atoms with Gasteiger partial charge in [0.15, 0.2) is 0 Å². The lowest BCUT2D eigenvalue weighted by Gasteiger charge is -2.43. The summed E-state index contributed by atoms with van der Waals surface area (Å²) in [6.07, 6.45) is 7.15. The number of nitrogens with zero attached hydrogens (tertiary/aromatic N) is 1. The van der Waals surface area contributed by atoms with E-state index in [2.05, 4.69) is 19.2 Å². The van der Waals surface area contributed by atoms with E-state index in [4.69, 9.17) is 14.2 Å². The monoisotopic (exact) mass is 454 g/mol. The van der Waals surface area contributed by atoms with Gasteiger partial charge in [-0.15, -0.1) is 0 Å². The van der Waals surface area contributed by atoms with Crippen molar-refractivity contribution in [3.8, 4) is 0 Å². The molecule has 7 nitrogen and oxygen atoms in total. The predicted molar refractivity (Wildman–Crippen MR) is 126 cm³/mol. The number of amides is 1. The van der Waals surface area contributed by atoms with Crippen LogP contribution in [0.5, 0.6) is 0 Å². The van der Waals surface area contributed by atoms with Gasteiger partial charge in [-0.25, -0.2) is 4.79 Å². The largest absolute Gasteiger partial charge is 0.468 e. The summed E-state index contributed by atoms with van der Waals surface area (Å²) in [7, 11) is 1.43. The molecule has 0 radical (unpaired) electrons. The highest BCUT2D eigenvalue weighted by Gasteiger charge is 2.37. The number of piperidine rings is 1. The minimum absolute atomic E-state index is 0.179. The zero-order chi connectivity index (χ0) is 24.1. The maximum atomic E-state index is 12.6. The topological polar surface area (TPSA) is 77.1 Å². The molecule has 1 heterocycles. The molecule has 0 aromatic rings. The Balaban J connectivity index is 1.70. The van der Waals surface area contributed by atoms with Gasteiger partial charge < -0.3 is 19.1 Å². The summed E-state index contributed by atoms with van der Waals surface area (Å²) >= 11 is 0. The van der Waals surface area contributed by atoms with E-state index in [1.54, 1.807) is 0 Å². The lowest BCUT2D eigenvalue weighted by atomic mass is 9.85. The zero-order valence-corrected chi connectivity index (χ0v) is 21.5. The van der Waals surface area contributed by atoms with Crippen LogP contribution in [0.3, 0.4) is 0 Å². The van der Waals surface area contributed by atoms with Crippen LogP contribution in [0.25, 0.3) is 0 Å². The quantitative estimate of drug-likeness (QED) is 0.563. The highest BCUT2D eigenvalue weighted by molar-refractivity contribution is 5.79. The first-order chi connectivity index (χ1) is 14.8. The minimum Gasteiger partial charge on any atom is -0.468 e. The summed E-state index contributed by atoms with van der Waals surface area (Å²) in [6.45, 7) is 14.5. The van der Waals surface area contributed by atoms with Gasteiger partial charge in [-0.2, -0.15) is 0 Å². The Morgan fingerprint density at radius 2 is 1.53 bits per heavy atom. The number of esters is 1. The molecule has 0 aromatic heterocycles. The Hall–Kier alpha value is -1.34. The summed E-state index contributed by atoms with van der Waals surface area (Å²) in [4.78, 5) is 26.4. The first kappa shape index (κ1) is 26.9. The van der Waals surface area contributed by atoms with Crippen molar-refractivity contribution >= 4 is 12.1 Å². The van der Waals surface area contributed by atoms with Gasteiger partial charge in [-0.05, 0) is 99.3 Å². The summed E-state index contributed by atoms with van der Waals surface area (Å²) < 4.78 is 16.7. The maximum Gasteiger partial charge on any atom is 0.410 e. The van der Waals surface area contributed by atoms with Crippen molar-refractivity contribution in [1.29, 1.82) is 0 Å². The van der Waals surface area contributed by atoms with E-state index in [-0.39, 0.29) is 24.1 Å². The van der Waals surface area contributed by atoms with Crippen LogP contribution in [0.2, 0.25) is 0 Å². The van der Waals surface area contributed by atoms with Gasteiger partial charge in [0, 0.05) is 24.7 Å². The molecule has 1 aliphatic carbocycles. The Bertz CT molecular complexity index is 610. The Morgan fingerprint density at radius 3 is 2.03 bits per heavy atom. The van der Waals surface area contributed by atoms with Gasteiger partial charge in [0.1, 0.15) is 11.1 Å². The van der Waals surface area contributed by atoms with Gasteiger partial charge in [0.2, 0.25) is 0 Å². The van der Waals surface area contributed by atoms with E-state index in [1.165, 1.54) is 7.11 Å². The minimum atomic E-state index is -0.658. The number of likely N-dealkylation sites (tertiary alicyclic amines) is 1. The normalized spacial score (nSPS) is 29.5. The van der Waals surface area contributed by atoms with Crippen LogP contribution in [0, 0.1) is 5.92 Å². The fourth-order valence-electron chi connectivity index (χ4n) is 5.23. The third-order valence-corrected chi connectivity index (χ3v) is 6.72. The Kier molecular flexibility index (Phi) is 9.41. The molecule has 1 aliphatic heterocycles. The van der Waals surface area contributed by atoms with Crippen LogP contribution in [-0.4, -0.2) is 66.0 Å². The molecule has 1 amide bonds. The molecule has 3 atom stereocenters. The van der Waals surface area contributed by atoms with E-state index < -0.39 is 11.1 Å². The van der Waals surface area contributed by atoms with Crippen molar-refractivity contribution in [3.63, 3.8) is 0 Å². The second kappa shape index (κ2) is 11.2. The molecule has 2 aliphatic rings. The van der Waals surface area contributed by atoms with E-state index in [9.17, 15) is 9.59 Å². The molecular formula is C25H46N2O5. The number of hydrogen-bond acceptors (Lipinski definition) is 6. The highest BCUT2D eigenvalue weighted by Crippen LogP contribution is 2.32. The number of ether oxygens (including phenoxy) is 3. The SMILES string of the molecule is COC(=O)C(C)(C)N[C@H]1CC[C@H](OCCC2CC(C)N(C(=O)OC(C)(C)C)[C@H](C)C2)CC1. The van der Waals surface area contributed by atoms with Gasteiger partial charge >= 0.3 is 12.1 Å². The predicted octanol–water partition coefficient (Wildman–Crippen LogP) is 4.67. The molecule has 2 rings (SSSR count). The Labute approximate surface area is 194 Å². The van der Waals surface area contributed by atoms with Crippen molar-refractivity contribution in [2.75, 3.05) is 13.7 Å². The van der Waals surface area contributed by atoms with Crippen molar-refractivity contribution in [1.82, 2.24) is 10.2 Å². The molecule has 7 heteroatoms. The van der Waals surface area contributed by atoms with Crippen LogP contribution in [0.15, 0.2) is 0 Å². The fourth-order valence-corrected chi connectivity index (χ4v) is 5.23. The van der Waals surface area contributed by atoms with Crippen molar-refractivity contribution < 1.29 is 23.8 Å². The van der Waals surface area contributed by atoms with Gasteiger partial charge in [0.05, 0.1) is 13.2 Å². The van der Waals surface area contributed by atoms with Crippen LogP contribution in [0.4, 0.5) is 4.79 Å². The molecule has 0 aromatic carbocycles. The number of carbonyl (C=O) groups excluding carboxylic acids is 2. The second-order valence-electron chi connectivity index (χ2n) is 11.3. The standard InChI is InChI=1S/C25H46N2O5/c1-17-15-19(16-18(2)27(17)23(29)32-24(3,4)5)13-14-31-21-11-9-20(10-12-21)26-25(6,7)22(28)30-8/h17-21,26H,9-16H2,1-8H3/t17-,18?,19?,20-,21-/m1/s1. The first-order valence-electron chi connectivity index (χ1n) is 12.3. The molecule has 0 bridgehead atoms. The Morgan fingerprint density at radius 1 is 0.969 bits per heavy atom. The first-order valence-corrected chi connectivity index (χ1v) is 12.3. The van der Waals surface area contributed by atoms with Crippen molar-refractivity contribution in [3.05, 3.63) is 0 Å². The molecule has 1 N–H and O–H groups in total. The molecule has 186 valence electrons. The van der Waals surface area contributed by atoms with Crippen LogP contribution in [-0.2, 0) is 19.0 Å². The number of methoxy groups -OCH3 is 1. The third kappa shape index (κ3) is 7.91. The average Bonchev–Trinajstić information content (AvgIpc) is 2.66. The number of rotatable bonds is 7. The molecule has 2 unspecified atom stereocenters. The zero-order valence-electron chi connectivity index (χ0n) is 21.5. The van der Waals surface area contributed by atoms with E-state index >= 15 is 0 Å². The lowest BCUT2D eigenvalue weighted by Crippen LogP contribution is -2.53. The lowest BCUT2D eigenvalue weighted by molar-refractivity contribution is -0.147. The van der Waals surface area contributed by atoms with Gasteiger partial charge in [-0.1, -0.05) is 0 Å².